The van der Waals surface area contributed by atoms with E-state index in [1.807, 2.05) is 28.0 Å². The van der Waals surface area contributed by atoms with Gasteiger partial charge in [-0.2, -0.15) is 10.2 Å². The summed E-state index contributed by atoms with van der Waals surface area (Å²) in [7, 11) is 1.63. The molecule has 0 unspecified atom stereocenters. The van der Waals surface area contributed by atoms with E-state index >= 15 is 0 Å². The highest BCUT2D eigenvalue weighted by atomic mass is 35.5. The van der Waals surface area contributed by atoms with Crippen LogP contribution in [0.5, 0.6) is 5.75 Å². The lowest BCUT2D eigenvalue weighted by molar-refractivity contribution is -0.147. The Morgan fingerprint density at radius 1 is 1.11 bits per heavy atom. The van der Waals surface area contributed by atoms with Crippen LogP contribution in [0.3, 0.4) is 0 Å². The molecule has 1 aromatic heterocycles. The number of fused-ring (bicyclic) bond motifs is 1. The van der Waals surface area contributed by atoms with Crippen molar-refractivity contribution in [3.63, 3.8) is 0 Å². The first-order valence-electron chi connectivity index (χ1n) is 13.5. The molecule has 3 atom stereocenters. The van der Waals surface area contributed by atoms with Crippen molar-refractivity contribution >= 4 is 29.3 Å². The molecule has 2 fully saturated rings. The van der Waals surface area contributed by atoms with Gasteiger partial charge < -0.3 is 19.9 Å². The van der Waals surface area contributed by atoms with Crippen molar-refractivity contribution < 1.29 is 19.1 Å². The third kappa shape index (κ3) is 5.34. The van der Waals surface area contributed by atoms with Crippen LogP contribution in [-0.4, -0.2) is 64.4 Å². The smallest absolute Gasteiger partial charge is 0.227 e. The number of likely N-dealkylation sites (tertiary alicyclic amines) is 1. The number of nitrogens with one attached hydrogen (secondary N) is 1. The molecule has 5 rings (SSSR count). The van der Waals surface area contributed by atoms with Gasteiger partial charge in [-0.05, 0) is 55.5 Å². The third-order valence-corrected chi connectivity index (χ3v) is 8.44. The lowest BCUT2D eigenvalue weighted by atomic mass is 9.77. The van der Waals surface area contributed by atoms with Gasteiger partial charge in [0.25, 0.3) is 0 Å². The third-order valence-electron chi connectivity index (χ3n) is 8.09. The first-order chi connectivity index (χ1) is 18.5. The van der Waals surface area contributed by atoms with Crippen molar-refractivity contribution in [3.8, 4) is 5.75 Å². The molecule has 3 aliphatic rings. The minimum Gasteiger partial charge on any atom is -0.487 e. The number of rotatable bonds is 7. The first-order valence-corrected chi connectivity index (χ1v) is 13.9. The van der Waals surface area contributed by atoms with E-state index in [-0.39, 0.29) is 36.2 Å². The number of carbonyl (C=O) groups is 3. The van der Waals surface area contributed by atoms with Crippen LogP contribution in [0.15, 0.2) is 30.5 Å². The van der Waals surface area contributed by atoms with Gasteiger partial charge in [0.05, 0.1) is 6.04 Å². The zero-order valence-corrected chi connectivity index (χ0v) is 22.5. The van der Waals surface area contributed by atoms with E-state index in [1.54, 1.807) is 19.3 Å². The Kier molecular flexibility index (Phi) is 8.12. The second-order valence-corrected chi connectivity index (χ2v) is 10.7. The fourth-order valence-electron chi connectivity index (χ4n) is 6.17. The molecule has 3 amide bonds. The second kappa shape index (κ2) is 11.7. The van der Waals surface area contributed by atoms with Crippen LogP contribution in [0.4, 0.5) is 0 Å². The number of aromatic nitrogens is 2. The van der Waals surface area contributed by atoms with E-state index in [4.69, 9.17) is 16.3 Å². The Hall–Kier alpha value is -3.20. The molecule has 1 aromatic carbocycles. The summed E-state index contributed by atoms with van der Waals surface area (Å²) < 4.78 is 6.25. The highest BCUT2D eigenvalue weighted by Crippen LogP contribution is 2.43. The van der Waals surface area contributed by atoms with Crippen molar-refractivity contribution in [2.45, 2.75) is 57.6 Å². The Morgan fingerprint density at radius 2 is 1.92 bits per heavy atom. The van der Waals surface area contributed by atoms with Crippen molar-refractivity contribution in [2.24, 2.45) is 11.8 Å². The number of carbonyl (C=O) groups excluding carboxylic acids is 3. The lowest BCUT2D eigenvalue weighted by Crippen LogP contribution is -2.50. The Balaban J connectivity index is 1.51. The predicted molar refractivity (Wildman–Crippen MR) is 141 cm³/mol. The summed E-state index contributed by atoms with van der Waals surface area (Å²) in [5.41, 5.74) is 2.46. The summed E-state index contributed by atoms with van der Waals surface area (Å²) in [4.78, 5) is 43.3. The maximum Gasteiger partial charge on any atom is 0.227 e. The van der Waals surface area contributed by atoms with Gasteiger partial charge in [-0.3, -0.25) is 14.4 Å². The molecule has 1 N–H and O–H groups in total. The fraction of sp³-hybridized carbons (Fsp3) is 0.536. The van der Waals surface area contributed by atoms with E-state index in [9.17, 15) is 14.4 Å². The maximum atomic E-state index is 14.2. The van der Waals surface area contributed by atoms with Gasteiger partial charge >= 0.3 is 0 Å². The molecule has 2 aliphatic heterocycles. The molecule has 1 saturated carbocycles. The van der Waals surface area contributed by atoms with Gasteiger partial charge in [-0.1, -0.05) is 24.4 Å². The molecular formula is C28H34ClN5O4. The van der Waals surface area contributed by atoms with Crippen LogP contribution >= 0.6 is 11.6 Å². The molecule has 9 nitrogen and oxygen atoms in total. The molecule has 3 heterocycles. The van der Waals surface area contributed by atoms with E-state index < -0.39 is 6.04 Å². The number of amides is 3. The molecule has 202 valence electrons. The SMILES string of the molecule is CNC(=O)[C@H]1CCCC[C@H]1C(=O)N1CCc2c(Cl)ccc(OCc3cccnn3)c2[C@H]1CN1CCCC1=O. The molecule has 38 heavy (non-hydrogen) atoms. The van der Waals surface area contributed by atoms with Crippen molar-refractivity contribution in [2.75, 3.05) is 26.7 Å². The molecule has 1 aliphatic carbocycles. The van der Waals surface area contributed by atoms with Crippen molar-refractivity contribution in [3.05, 3.63) is 52.3 Å². The molecule has 0 radical (unpaired) electrons. The van der Waals surface area contributed by atoms with Gasteiger partial charge in [0, 0.05) is 61.7 Å². The Morgan fingerprint density at radius 3 is 2.63 bits per heavy atom. The van der Waals surface area contributed by atoms with Crippen molar-refractivity contribution in [1.29, 1.82) is 0 Å². The predicted octanol–water partition coefficient (Wildman–Crippen LogP) is 3.31. The van der Waals surface area contributed by atoms with Crippen LogP contribution < -0.4 is 10.1 Å². The van der Waals surface area contributed by atoms with Gasteiger partial charge in [-0.25, -0.2) is 0 Å². The average molecular weight is 540 g/mol. The summed E-state index contributed by atoms with van der Waals surface area (Å²) in [5, 5.41) is 11.4. The number of ether oxygens (including phenoxy) is 1. The second-order valence-electron chi connectivity index (χ2n) is 10.3. The summed E-state index contributed by atoms with van der Waals surface area (Å²) >= 11 is 6.69. The molecule has 10 heteroatoms. The Bertz CT molecular complexity index is 1190. The number of hydrogen-bond acceptors (Lipinski definition) is 6. The molecular weight excluding hydrogens is 506 g/mol. The normalized spacial score (nSPS) is 23.2. The first kappa shape index (κ1) is 26.4. The molecule has 0 bridgehead atoms. The monoisotopic (exact) mass is 539 g/mol. The highest BCUT2D eigenvalue weighted by Gasteiger charge is 2.43. The molecule has 1 saturated heterocycles. The summed E-state index contributed by atoms with van der Waals surface area (Å²) in [6.45, 7) is 1.72. The highest BCUT2D eigenvalue weighted by molar-refractivity contribution is 6.31. The summed E-state index contributed by atoms with van der Waals surface area (Å²) in [6.07, 6.45) is 6.74. The van der Waals surface area contributed by atoms with Crippen LogP contribution in [0.1, 0.15) is 61.4 Å². The minimum atomic E-state index is -0.420. The number of halogens is 1. The molecule has 2 aromatic rings. The summed E-state index contributed by atoms with van der Waals surface area (Å²) in [5.74, 6) is -0.123. The van der Waals surface area contributed by atoms with E-state index in [2.05, 4.69) is 15.5 Å². The minimum absolute atomic E-state index is 0.0274. The maximum absolute atomic E-state index is 14.2. The zero-order valence-electron chi connectivity index (χ0n) is 21.7. The van der Waals surface area contributed by atoms with Crippen LogP contribution in [0.2, 0.25) is 5.02 Å². The summed E-state index contributed by atoms with van der Waals surface area (Å²) in [6, 6.07) is 6.88. The largest absolute Gasteiger partial charge is 0.487 e. The van der Waals surface area contributed by atoms with Gasteiger partial charge in [-0.15, -0.1) is 0 Å². The zero-order chi connectivity index (χ0) is 26.6. The average Bonchev–Trinajstić information content (AvgIpc) is 3.36. The van der Waals surface area contributed by atoms with Gasteiger partial charge in [0.1, 0.15) is 18.1 Å². The number of nitrogens with zero attached hydrogens (tertiary/aromatic N) is 4. The number of benzene rings is 1. The van der Waals surface area contributed by atoms with E-state index in [1.165, 1.54) is 0 Å². The van der Waals surface area contributed by atoms with Gasteiger partial charge in [0.2, 0.25) is 17.7 Å². The molecule has 0 spiro atoms. The fourth-order valence-corrected chi connectivity index (χ4v) is 6.43. The standard InChI is InChI=1S/C28H34ClN5O4/c1-30-27(36)19-7-2-3-8-20(19)28(37)34-15-12-21-22(29)10-11-24(38-17-18-6-4-13-31-32-18)26(21)23(34)16-33-14-5-9-25(33)35/h4,6,10-11,13,19-20,23H,2-3,5,7-9,12,14-17H2,1H3,(H,30,36)/t19-,20+,23+/m0/s1. The van der Waals surface area contributed by atoms with E-state index in [0.717, 1.165) is 30.4 Å². The van der Waals surface area contributed by atoms with Crippen LogP contribution in [-0.2, 0) is 27.4 Å². The van der Waals surface area contributed by atoms with Crippen LogP contribution in [0.25, 0.3) is 0 Å². The number of hydrogen-bond donors (Lipinski definition) is 1. The topological polar surface area (TPSA) is 105 Å². The lowest BCUT2D eigenvalue weighted by Gasteiger charge is -2.43. The van der Waals surface area contributed by atoms with Gasteiger partial charge in [0.15, 0.2) is 0 Å². The van der Waals surface area contributed by atoms with Crippen molar-refractivity contribution in [1.82, 2.24) is 25.3 Å². The van der Waals surface area contributed by atoms with Crippen LogP contribution in [0, 0.1) is 11.8 Å². The Labute approximate surface area is 227 Å². The van der Waals surface area contributed by atoms with E-state index in [0.29, 0.717) is 61.8 Å². The quantitative estimate of drug-likeness (QED) is 0.579.